The Bertz CT molecular complexity index is 520. The summed E-state index contributed by atoms with van der Waals surface area (Å²) in [5.74, 6) is 0.0661. The standard InChI is InChI=1S/C16H26N4O3S2/c1-2-17-16(23)20-12(21)9-7-8-24-14(9)19-13(22)15-18-10-5-3-4-6-11(10)25-15/h9-11,14-15,18H,2-8H2,1H3,(H,19,22)(H2,17,20,21,23). The molecule has 5 unspecified atom stereocenters. The van der Waals surface area contributed by atoms with Gasteiger partial charge in [0, 0.05) is 17.8 Å². The van der Waals surface area contributed by atoms with Gasteiger partial charge in [-0.2, -0.15) is 0 Å². The highest BCUT2D eigenvalue weighted by molar-refractivity contribution is 8.01. The van der Waals surface area contributed by atoms with Crippen molar-refractivity contribution < 1.29 is 14.4 Å². The highest BCUT2D eigenvalue weighted by Crippen LogP contribution is 2.37. The van der Waals surface area contributed by atoms with Crippen molar-refractivity contribution in [1.82, 2.24) is 21.3 Å². The number of carbonyl (C=O) groups excluding carboxylic acids is 3. The van der Waals surface area contributed by atoms with Crippen LogP contribution in [0, 0.1) is 5.92 Å². The Balaban J connectivity index is 1.51. The van der Waals surface area contributed by atoms with E-state index >= 15 is 0 Å². The molecule has 2 saturated heterocycles. The molecule has 1 aliphatic carbocycles. The van der Waals surface area contributed by atoms with Crippen LogP contribution in [0.25, 0.3) is 0 Å². The van der Waals surface area contributed by atoms with Crippen LogP contribution in [-0.2, 0) is 9.59 Å². The summed E-state index contributed by atoms with van der Waals surface area (Å²) in [5.41, 5.74) is 0. The van der Waals surface area contributed by atoms with Crippen molar-refractivity contribution in [2.45, 2.75) is 61.1 Å². The maximum atomic E-state index is 12.6. The number of carbonyl (C=O) groups is 3. The van der Waals surface area contributed by atoms with Crippen LogP contribution in [0.5, 0.6) is 0 Å². The molecule has 3 rings (SSSR count). The Morgan fingerprint density at radius 3 is 2.68 bits per heavy atom. The molecule has 1 saturated carbocycles. The summed E-state index contributed by atoms with van der Waals surface area (Å²) >= 11 is 3.29. The number of hydrogen-bond acceptors (Lipinski definition) is 6. The first kappa shape index (κ1) is 18.8. The van der Waals surface area contributed by atoms with Gasteiger partial charge in [0.25, 0.3) is 0 Å². The zero-order valence-corrected chi connectivity index (χ0v) is 16.0. The normalized spacial score (nSPS) is 34.2. The van der Waals surface area contributed by atoms with Gasteiger partial charge in [0.05, 0.1) is 11.3 Å². The van der Waals surface area contributed by atoms with E-state index in [1.165, 1.54) is 19.3 Å². The molecule has 0 aromatic heterocycles. The van der Waals surface area contributed by atoms with Crippen molar-refractivity contribution in [3.8, 4) is 0 Å². The molecular formula is C16H26N4O3S2. The third kappa shape index (κ3) is 4.62. The maximum absolute atomic E-state index is 12.6. The SMILES string of the molecule is CCNC(=O)NC(=O)C1CCSC1NC(=O)C1NC2CCCCC2S1. The lowest BCUT2D eigenvalue weighted by molar-refractivity contribution is -0.125. The van der Waals surface area contributed by atoms with Gasteiger partial charge in [0.15, 0.2) is 0 Å². The lowest BCUT2D eigenvalue weighted by atomic mass is 9.95. The fourth-order valence-electron chi connectivity index (χ4n) is 3.62. The molecule has 0 aromatic rings. The Hall–Kier alpha value is -0.930. The monoisotopic (exact) mass is 386 g/mol. The highest BCUT2D eigenvalue weighted by Gasteiger charge is 2.41. The number of fused-ring (bicyclic) bond motifs is 1. The molecule has 140 valence electrons. The summed E-state index contributed by atoms with van der Waals surface area (Å²) in [4.78, 5) is 36.5. The lowest BCUT2D eigenvalue weighted by Gasteiger charge is -2.23. The Labute approximate surface area is 156 Å². The van der Waals surface area contributed by atoms with Crippen LogP contribution in [0.4, 0.5) is 4.79 Å². The number of imide groups is 1. The van der Waals surface area contributed by atoms with E-state index in [1.807, 2.05) is 0 Å². The summed E-state index contributed by atoms with van der Waals surface area (Å²) in [6, 6.07) is -0.0471. The number of urea groups is 1. The molecule has 2 aliphatic heterocycles. The average Bonchev–Trinajstić information content (AvgIpc) is 3.21. The highest BCUT2D eigenvalue weighted by atomic mass is 32.2. The number of amides is 4. The molecule has 0 spiro atoms. The van der Waals surface area contributed by atoms with E-state index < -0.39 is 6.03 Å². The van der Waals surface area contributed by atoms with Gasteiger partial charge in [-0.05, 0) is 31.9 Å². The van der Waals surface area contributed by atoms with Crippen LogP contribution in [0.15, 0.2) is 0 Å². The molecule has 4 N–H and O–H groups in total. The van der Waals surface area contributed by atoms with Crippen LogP contribution in [0.1, 0.15) is 39.0 Å². The number of hydrogen-bond donors (Lipinski definition) is 4. The fourth-order valence-corrected chi connectivity index (χ4v) is 6.46. The Kier molecular flexibility index (Phi) is 6.51. The van der Waals surface area contributed by atoms with E-state index in [4.69, 9.17) is 0 Å². The van der Waals surface area contributed by atoms with Gasteiger partial charge < -0.3 is 10.6 Å². The predicted octanol–water partition coefficient (Wildman–Crippen LogP) is 1.00. The van der Waals surface area contributed by atoms with E-state index in [0.29, 0.717) is 24.3 Å². The number of rotatable bonds is 4. The van der Waals surface area contributed by atoms with Gasteiger partial charge in [0.2, 0.25) is 11.8 Å². The Morgan fingerprint density at radius 1 is 1.12 bits per heavy atom. The topological polar surface area (TPSA) is 99.3 Å². The predicted molar refractivity (Wildman–Crippen MR) is 100 cm³/mol. The van der Waals surface area contributed by atoms with Crippen LogP contribution < -0.4 is 21.3 Å². The van der Waals surface area contributed by atoms with Crippen molar-refractivity contribution in [2.75, 3.05) is 12.3 Å². The minimum absolute atomic E-state index is 0.0467. The van der Waals surface area contributed by atoms with Crippen molar-refractivity contribution in [3.63, 3.8) is 0 Å². The maximum Gasteiger partial charge on any atom is 0.321 e. The molecule has 2 heterocycles. The van der Waals surface area contributed by atoms with Crippen molar-refractivity contribution in [3.05, 3.63) is 0 Å². The van der Waals surface area contributed by atoms with E-state index in [0.717, 1.165) is 12.2 Å². The first-order chi connectivity index (χ1) is 12.1. The summed E-state index contributed by atoms with van der Waals surface area (Å²) in [6.07, 6.45) is 5.44. The zero-order valence-electron chi connectivity index (χ0n) is 14.4. The number of thioether (sulfide) groups is 2. The number of nitrogens with one attached hydrogen (secondary N) is 4. The molecule has 0 radical (unpaired) electrons. The summed E-state index contributed by atoms with van der Waals surface area (Å²) in [7, 11) is 0. The molecule has 7 nitrogen and oxygen atoms in total. The first-order valence-electron chi connectivity index (χ1n) is 9.00. The molecule has 5 atom stereocenters. The smallest absolute Gasteiger partial charge is 0.321 e. The summed E-state index contributed by atoms with van der Waals surface area (Å²) < 4.78 is 0. The third-order valence-electron chi connectivity index (χ3n) is 4.90. The second kappa shape index (κ2) is 8.64. The molecule has 3 aliphatic rings. The molecule has 0 bridgehead atoms. The molecule has 3 fully saturated rings. The van der Waals surface area contributed by atoms with Crippen LogP contribution in [0.2, 0.25) is 0 Å². The van der Waals surface area contributed by atoms with E-state index in [1.54, 1.807) is 30.4 Å². The van der Waals surface area contributed by atoms with Gasteiger partial charge in [-0.3, -0.25) is 20.2 Å². The summed E-state index contributed by atoms with van der Waals surface area (Å²) in [6.45, 7) is 2.26. The van der Waals surface area contributed by atoms with E-state index in [-0.39, 0.29) is 28.5 Å². The molecular weight excluding hydrogens is 360 g/mol. The average molecular weight is 387 g/mol. The second-order valence-corrected chi connectivity index (χ2v) is 9.25. The molecule has 0 aromatic carbocycles. The van der Waals surface area contributed by atoms with Crippen molar-refractivity contribution in [1.29, 1.82) is 0 Å². The van der Waals surface area contributed by atoms with Crippen LogP contribution >= 0.6 is 23.5 Å². The lowest BCUT2D eigenvalue weighted by Crippen LogP contribution is -2.50. The quantitative estimate of drug-likeness (QED) is 0.575. The first-order valence-corrected chi connectivity index (χ1v) is 11.0. The minimum atomic E-state index is -0.480. The van der Waals surface area contributed by atoms with Gasteiger partial charge in [0.1, 0.15) is 5.37 Å². The summed E-state index contributed by atoms with van der Waals surface area (Å²) in [5, 5.41) is 11.4. The van der Waals surface area contributed by atoms with Crippen molar-refractivity contribution in [2.24, 2.45) is 5.92 Å². The van der Waals surface area contributed by atoms with Gasteiger partial charge >= 0.3 is 6.03 Å². The van der Waals surface area contributed by atoms with Gasteiger partial charge in [-0.25, -0.2) is 4.79 Å². The van der Waals surface area contributed by atoms with E-state index in [2.05, 4.69) is 21.3 Å². The van der Waals surface area contributed by atoms with Gasteiger partial charge in [-0.1, -0.05) is 12.8 Å². The van der Waals surface area contributed by atoms with Crippen LogP contribution in [0.3, 0.4) is 0 Å². The van der Waals surface area contributed by atoms with Crippen molar-refractivity contribution >= 4 is 41.4 Å². The largest absolute Gasteiger partial charge is 0.341 e. The second-order valence-electron chi connectivity index (χ2n) is 6.66. The fraction of sp³-hybridized carbons (Fsp3) is 0.812. The molecule has 4 amide bonds. The van der Waals surface area contributed by atoms with E-state index in [9.17, 15) is 14.4 Å². The Morgan fingerprint density at radius 2 is 1.92 bits per heavy atom. The zero-order chi connectivity index (χ0) is 17.8. The van der Waals surface area contributed by atoms with Gasteiger partial charge in [-0.15, -0.1) is 23.5 Å². The van der Waals surface area contributed by atoms with Crippen LogP contribution in [-0.4, -0.2) is 52.2 Å². The minimum Gasteiger partial charge on any atom is -0.341 e. The molecule has 25 heavy (non-hydrogen) atoms. The molecule has 9 heteroatoms. The third-order valence-corrected chi connectivity index (χ3v) is 7.72.